The van der Waals surface area contributed by atoms with Gasteiger partial charge in [-0.1, -0.05) is 0 Å². The smallest absolute Gasteiger partial charge is 0.323 e. The molecule has 0 aromatic rings. The molecule has 6 heteroatoms. The molecule has 0 fully saturated rings. The van der Waals surface area contributed by atoms with Crippen molar-refractivity contribution < 1.29 is 19.8 Å². The molecule has 6 nitrogen and oxygen atoms in total. The van der Waals surface area contributed by atoms with Crippen LogP contribution >= 0.6 is 0 Å². The van der Waals surface area contributed by atoms with Gasteiger partial charge in [0.05, 0.1) is 12.6 Å². The van der Waals surface area contributed by atoms with Crippen molar-refractivity contribution in [1.29, 1.82) is 0 Å². The van der Waals surface area contributed by atoms with Crippen LogP contribution in [0.25, 0.3) is 0 Å². The third-order valence-corrected chi connectivity index (χ3v) is 1.36. The third-order valence-electron chi connectivity index (χ3n) is 1.36. The van der Waals surface area contributed by atoms with Crippen molar-refractivity contribution in [2.75, 3.05) is 6.54 Å². The summed E-state index contributed by atoms with van der Waals surface area (Å²) in [5.41, 5.74) is 9.97. The molecule has 0 unspecified atom stereocenters. The summed E-state index contributed by atoms with van der Waals surface area (Å²) in [5, 5.41) is 17.3. The Morgan fingerprint density at radius 3 is 2.25 bits per heavy atom. The number of aliphatic hydroxyl groups excluding tert-OH is 1. The van der Waals surface area contributed by atoms with Crippen LogP contribution in [0.5, 0.6) is 0 Å². The average molecular weight is 176 g/mol. The standard InChI is InChI=1S/C6H12N2O4/c7-2-3(9)1-4(10)5(8)6(11)12/h4-5,10H,1-2,7-8H2,(H,11,12)/t4-,5+/m1/s1. The van der Waals surface area contributed by atoms with Crippen molar-refractivity contribution >= 4 is 11.8 Å². The summed E-state index contributed by atoms with van der Waals surface area (Å²) < 4.78 is 0. The number of carbonyl (C=O) groups excluding carboxylic acids is 1. The van der Waals surface area contributed by atoms with Crippen molar-refractivity contribution in [1.82, 2.24) is 0 Å². The summed E-state index contributed by atoms with van der Waals surface area (Å²) in [5.74, 6) is -1.76. The summed E-state index contributed by atoms with van der Waals surface area (Å²) in [6, 6.07) is -1.43. The molecule has 12 heavy (non-hydrogen) atoms. The average Bonchev–Trinajstić information content (AvgIpc) is 2.02. The molecule has 0 heterocycles. The van der Waals surface area contributed by atoms with E-state index in [9.17, 15) is 9.59 Å². The molecule has 70 valence electrons. The number of Topliss-reactive ketones (excluding diaryl/α,β-unsaturated/α-hetero) is 1. The quantitative estimate of drug-likeness (QED) is 0.372. The minimum atomic E-state index is -1.43. The summed E-state index contributed by atoms with van der Waals surface area (Å²) in [6.45, 7) is -0.219. The highest BCUT2D eigenvalue weighted by molar-refractivity contribution is 5.82. The number of carboxylic acid groups (broad SMARTS) is 1. The lowest BCUT2D eigenvalue weighted by molar-refractivity contribution is -0.141. The SMILES string of the molecule is NCC(=O)C[C@@H](O)[C@H](N)C(=O)O. The molecule has 0 bridgehead atoms. The second-order valence-electron chi connectivity index (χ2n) is 2.38. The van der Waals surface area contributed by atoms with Crippen molar-refractivity contribution in [3.8, 4) is 0 Å². The van der Waals surface area contributed by atoms with E-state index < -0.39 is 23.9 Å². The Morgan fingerprint density at radius 1 is 1.42 bits per heavy atom. The van der Waals surface area contributed by atoms with Gasteiger partial charge in [-0.05, 0) is 0 Å². The molecular weight excluding hydrogens is 164 g/mol. The largest absolute Gasteiger partial charge is 0.480 e. The van der Waals surface area contributed by atoms with Crippen LogP contribution in [0.1, 0.15) is 6.42 Å². The lowest BCUT2D eigenvalue weighted by Crippen LogP contribution is -2.43. The fourth-order valence-electron chi connectivity index (χ4n) is 0.608. The zero-order chi connectivity index (χ0) is 9.72. The zero-order valence-corrected chi connectivity index (χ0v) is 6.43. The van der Waals surface area contributed by atoms with Crippen LogP contribution in [0.4, 0.5) is 0 Å². The molecule has 0 aliphatic heterocycles. The molecule has 0 rings (SSSR count). The predicted octanol–water partition coefficient (Wildman–Crippen LogP) is -2.32. The molecule has 0 aliphatic rings. The van der Waals surface area contributed by atoms with Gasteiger partial charge in [0.2, 0.25) is 0 Å². The fourth-order valence-corrected chi connectivity index (χ4v) is 0.608. The monoisotopic (exact) mass is 176 g/mol. The summed E-state index contributed by atoms with van der Waals surface area (Å²) in [6.07, 6.45) is -1.68. The molecule has 0 saturated carbocycles. The van der Waals surface area contributed by atoms with Crippen molar-refractivity contribution in [3.63, 3.8) is 0 Å². The Balaban J connectivity index is 3.94. The van der Waals surface area contributed by atoms with Gasteiger partial charge in [-0.25, -0.2) is 0 Å². The Bertz CT molecular complexity index is 182. The second kappa shape index (κ2) is 4.81. The predicted molar refractivity (Wildman–Crippen MR) is 40.3 cm³/mol. The first-order valence-electron chi connectivity index (χ1n) is 3.37. The van der Waals surface area contributed by atoms with Crippen LogP contribution in [0, 0.1) is 0 Å². The minimum Gasteiger partial charge on any atom is -0.480 e. The molecule has 0 spiro atoms. The first kappa shape index (κ1) is 11.0. The first-order valence-corrected chi connectivity index (χ1v) is 3.37. The summed E-state index contributed by atoms with van der Waals surface area (Å²) in [7, 11) is 0. The highest BCUT2D eigenvalue weighted by Crippen LogP contribution is 1.97. The van der Waals surface area contributed by atoms with Crippen LogP contribution in [0.3, 0.4) is 0 Å². The zero-order valence-electron chi connectivity index (χ0n) is 6.43. The number of aliphatic hydroxyl groups is 1. The van der Waals surface area contributed by atoms with Gasteiger partial charge in [-0.2, -0.15) is 0 Å². The molecule has 0 radical (unpaired) electrons. The van der Waals surface area contributed by atoms with E-state index in [1.54, 1.807) is 0 Å². The number of aliphatic carboxylic acids is 1. The number of carboxylic acids is 1. The van der Waals surface area contributed by atoms with Crippen LogP contribution in [-0.2, 0) is 9.59 Å². The number of nitrogens with two attached hydrogens (primary N) is 2. The number of carbonyl (C=O) groups is 2. The molecular formula is C6H12N2O4. The number of hydrogen-bond acceptors (Lipinski definition) is 5. The first-order chi connectivity index (χ1) is 5.49. The van der Waals surface area contributed by atoms with Gasteiger partial charge in [0.1, 0.15) is 11.8 Å². The Labute approximate surface area is 69.2 Å². The summed E-state index contributed by atoms with van der Waals surface area (Å²) >= 11 is 0. The van der Waals surface area contributed by atoms with Crippen LogP contribution in [0.15, 0.2) is 0 Å². The van der Waals surface area contributed by atoms with E-state index in [1.807, 2.05) is 0 Å². The van der Waals surface area contributed by atoms with Crippen molar-refractivity contribution in [3.05, 3.63) is 0 Å². The molecule has 0 aromatic carbocycles. The molecule has 2 atom stereocenters. The maximum absolute atomic E-state index is 10.6. The highest BCUT2D eigenvalue weighted by Gasteiger charge is 2.23. The number of hydrogen-bond donors (Lipinski definition) is 4. The highest BCUT2D eigenvalue weighted by atomic mass is 16.4. The van der Waals surface area contributed by atoms with Gasteiger partial charge in [0.25, 0.3) is 0 Å². The molecule has 0 amide bonds. The van der Waals surface area contributed by atoms with Crippen LogP contribution in [0.2, 0.25) is 0 Å². The maximum atomic E-state index is 10.6. The third kappa shape index (κ3) is 3.42. The van der Waals surface area contributed by atoms with E-state index in [-0.39, 0.29) is 13.0 Å². The number of ketones is 1. The minimum absolute atomic E-state index is 0.219. The molecule has 6 N–H and O–H groups in total. The molecule has 0 aliphatic carbocycles. The van der Waals surface area contributed by atoms with Gasteiger partial charge in [-0.15, -0.1) is 0 Å². The van der Waals surface area contributed by atoms with Crippen LogP contribution < -0.4 is 11.5 Å². The Hall–Kier alpha value is -0.980. The van der Waals surface area contributed by atoms with Gasteiger partial charge >= 0.3 is 5.97 Å². The summed E-state index contributed by atoms with van der Waals surface area (Å²) in [4.78, 5) is 20.8. The van der Waals surface area contributed by atoms with E-state index in [4.69, 9.17) is 21.7 Å². The molecule has 0 saturated heterocycles. The topological polar surface area (TPSA) is 127 Å². The maximum Gasteiger partial charge on any atom is 0.323 e. The normalized spacial score (nSPS) is 15.2. The molecule has 0 aromatic heterocycles. The van der Waals surface area contributed by atoms with Gasteiger partial charge in [-0.3, -0.25) is 9.59 Å². The Kier molecular flexibility index (Phi) is 4.42. The number of rotatable bonds is 5. The van der Waals surface area contributed by atoms with E-state index in [0.717, 1.165) is 0 Å². The van der Waals surface area contributed by atoms with Gasteiger partial charge < -0.3 is 21.7 Å². The van der Waals surface area contributed by atoms with E-state index in [1.165, 1.54) is 0 Å². The van der Waals surface area contributed by atoms with Crippen LogP contribution in [-0.4, -0.2) is 40.7 Å². The lowest BCUT2D eigenvalue weighted by Gasteiger charge is -2.12. The van der Waals surface area contributed by atoms with E-state index >= 15 is 0 Å². The van der Waals surface area contributed by atoms with Gasteiger partial charge in [0.15, 0.2) is 0 Å². The van der Waals surface area contributed by atoms with Gasteiger partial charge in [0, 0.05) is 6.42 Å². The lowest BCUT2D eigenvalue weighted by atomic mass is 10.1. The van der Waals surface area contributed by atoms with E-state index in [0.29, 0.717) is 0 Å². The second-order valence-corrected chi connectivity index (χ2v) is 2.38. The fraction of sp³-hybridized carbons (Fsp3) is 0.667. The van der Waals surface area contributed by atoms with E-state index in [2.05, 4.69) is 0 Å². The Morgan fingerprint density at radius 2 is 1.92 bits per heavy atom. The van der Waals surface area contributed by atoms with Crippen molar-refractivity contribution in [2.24, 2.45) is 11.5 Å². The van der Waals surface area contributed by atoms with Crippen molar-refractivity contribution in [2.45, 2.75) is 18.6 Å².